The van der Waals surface area contributed by atoms with Crippen LogP contribution in [0, 0.1) is 0 Å². The van der Waals surface area contributed by atoms with Gasteiger partial charge in [-0.3, -0.25) is 9.59 Å². The van der Waals surface area contributed by atoms with Gasteiger partial charge in [0.1, 0.15) is 5.15 Å². The molecule has 0 saturated heterocycles. The topological polar surface area (TPSA) is 59.5 Å². The number of ketones is 1. The Kier molecular flexibility index (Phi) is 14.7. The van der Waals surface area contributed by atoms with Crippen LogP contribution in [0.15, 0.2) is 24.0 Å². The van der Waals surface area contributed by atoms with Crippen molar-refractivity contribution in [2.75, 3.05) is 27.8 Å². The zero-order chi connectivity index (χ0) is 18.4. The number of hydrogen-bond acceptors (Lipinski definition) is 5. The summed E-state index contributed by atoms with van der Waals surface area (Å²) in [6.07, 6.45) is 3.15. The Balaban J connectivity index is 0. The summed E-state index contributed by atoms with van der Waals surface area (Å²) in [7, 11) is 5.09. The number of methoxy groups -OCH3 is 1. The highest BCUT2D eigenvalue weighted by Crippen LogP contribution is 2.20. The second kappa shape index (κ2) is 14.2. The number of ether oxygens (including phenoxy) is 1. The van der Waals surface area contributed by atoms with Gasteiger partial charge in [0.25, 0.3) is 0 Å². The molecular formula is C16H24Cl2N2O3. The maximum Gasteiger partial charge on any atom is 0.200 e. The van der Waals surface area contributed by atoms with E-state index in [0.29, 0.717) is 6.29 Å². The van der Waals surface area contributed by atoms with E-state index in [-0.39, 0.29) is 21.3 Å². The molecule has 0 bridgehead atoms. The average Bonchev–Trinajstić information content (AvgIpc) is 2.54. The number of rotatable bonds is 5. The molecule has 0 fully saturated rings. The van der Waals surface area contributed by atoms with Crippen LogP contribution in [0.5, 0.6) is 0 Å². The van der Waals surface area contributed by atoms with E-state index < -0.39 is 5.78 Å². The number of pyridine rings is 1. The molecular weight excluding hydrogens is 339 g/mol. The number of nitrogens with zero attached hydrogens (tertiary/aromatic N) is 2. The first-order valence-electron chi connectivity index (χ1n) is 7.05. The lowest BCUT2D eigenvalue weighted by Crippen LogP contribution is -2.11. The van der Waals surface area contributed by atoms with Crippen molar-refractivity contribution in [3.8, 4) is 0 Å². The largest absolute Gasteiger partial charge is 0.385 e. The number of carbonyl (C=O) groups excluding carboxylic acids is 2. The summed E-state index contributed by atoms with van der Waals surface area (Å²) in [5, 5.41) is 0.359. The van der Waals surface area contributed by atoms with E-state index in [0.717, 1.165) is 6.61 Å². The van der Waals surface area contributed by atoms with Crippen molar-refractivity contribution in [2.45, 2.75) is 20.8 Å². The fourth-order valence-electron chi connectivity index (χ4n) is 1.15. The minimum Gasteiger partial charge on any atom is -0.385 e. The predicted octanol–water partition coefficient (Wildman–Crippen LogP) is 3.89. The van der Waals surface area contributed by atoms with E-state index in [4.69, 9.17) is 23.2 Å². The van der Waals surface area contributed by atoms with Crippen LogP contribution in [0.1, 0.15) is 31.1 Å². The van der Waals surface area contributed by atoms with Crippen LogP contribution >= 0.6 is 23.2 Å². The molecule has 5 nitrogen and oxygen atoms in total. The van der Waals surface area contributed by atoms with Gasteiger partial charge < -0.3 is 9.64 Å². The van der Waals surface area contributed by atoms with Crippen LogP contribution in [0.2, 0.25) is 10.2 Å². The van der Waals surface area contributed by atoms with Crippen LogP contribution in [0.25, 0.3) is 0 Å². The molecule has 0 aliphatic heterocycles. The molecule has 1 heterocycles. The molecule has 0 atom stereocenters. The predicted molar refractivity (Wildman–Crippen MR) is 95.3 cm³/mol. The van der Waals surface area contributed by atoms with Crippen LogP contribution in [-0.2, 0) is 9.53 Å². The normalized spacial score (nSPS) is 9.83. The molecule has 0 aromatic carbocycles. The van der Waals surface area contributed by atoms with Gasteiger partial charge in [-0.25, -0.2) is 4.98 Å². The molecule has 0 amide bonds. The van der Waals surface area contributed by atoms with Gasteiger partial charge >= 0.3 is 0 Å². The lowest BCUT2D eigenvalue weighted by atomic mass is 10.1. The number of hydrogen-bond donors (Lipinski definition) is 0. The van der Waals surface area contributed by atoms with Crippen LogP contribution in [0.4, 0.5) is 0 Å². The van der Waals surface area contributed by atoms with E-state index in [1.165, 1.54) is 18.5 Å². The number of aromatic nitrogens is 1. The van der Waals surface area contributed by atoms with Crippen molar-refractivity contribution in [1.29, 1.82) is 0 Å². The minimum atomic E-state index is -0.483. The Morgan fingerprint density at radius 3 is 2.22 bits per heavy atom. The Hall–Kier alpha value is -1.43. The third-order valence-electron chi connectivity index (χ3n) is 2.14. The summed E-state index contributed by atoms with van der Waals surface area (Å²) in [4.78, 5) is 28.1. The summed E-state index contributed by atoms with van der Waals surface area (Å²) in [5.74, 6) is -0.483. The fourth-order valence-corrected chi connectivity index (χ4v) is 1.60. The Labute approximate surface area is 148 Å². The third kappa shape index (κ3) is 10.0. The molecule has 0 aliphatic rings. The molecule has 23 heavy (non-hydrogen) atoms. The molecule has 1 aromatic rings. The van der Waals surface area contributed by atoms with Crippen LogP contribution < -0.4 is 0 Å². The van der Waals surface area contributed by atoms with Gasteiger partial charge in [0.2, 0.25) is 5.78 Å². The molecule has 0 saturated carbocycles. The molecule has 1 rings (SSSR count). The monoisotopic (exact) mass is 362 g/mol. The van der Waals surface area contributed by atoms with Crippen molar-refractivity contribution < 1.29 is 14.3 Å². The van der Waals surface area contributed by atoms with Gasteiger partial charge in [-0.2, -0.15) is 0 Å². The Morgan fingerprint density at radius 1 is 1.35 bits per heavy atom. The van der Waals surface area contributed by atoms with Crippen molar-refractivity contribution in [1.82, 2.24) is 9.88 Å². The lowest BCUT2D eigenvalue weighted by Gasteiger charge is -2.07. The maximum absolute atomic E-state index is 11.9. The van der Waals surface area contributed by atoms with E-state index in [1.54, 1.807) is 26.1 Å². The quantitative estimate of drug-likeness (QED) is 0.198. The molecule has 1 aromatic heterocycles. The number of carbonyl (C=O) groups is 2. The van der Waals surface area contributed by atoms with E-state index in [2.05, 4.69) is 9.72 Å². The van der Waals surface area contributed by atoms with E-state index >= 15 is 0 Å². The molecule has 0 spiro atoms. The first kappa shape index (κ1) is 23.8. The highest BCUT2D eigenvalue weighted by atomic mass is 35.5. The van der Waals surface area contributed by atoms with Crippen molar-refractivity contribution in [3.05, 3.63) is 39.8 Å². The minimum absolute atomic E-state index is 0.000947. The number of Topliss-reactive ketones (excluding diaryl/α,β-unsaturated/α-hetero) is 1. The zero-order valence-electron chi connectivity index (χ0n) is 14.4. The molecule has 0 unspecified atom stereocenters. The fraction of sp³-hybridized carbons (Fsp3) is 0.438. The Morgan fingerprint density at radius 2 is 1.87 bits per heavy atom. The van der Waals surface area contributed by atoms with E-state index in [1.807, 2.05) is 20.8 Å². The standard InChI is InChI=1S/C11H10Cl2N2O2.C3H8O.C2H6/c1-15(2)5-7(6-16)11(17)8-4-14-10(13)3-9(8)12;1-3-4-2;1-2/h3-6H,1-2H3;3H2,1-2H3;1-2H3/b7-5+;;. The molecule has 0 radical (unpaired) electrons. The second-order valence-corrected chi connectivity index (χ2v) is 4.85. The molecule has 7 heteroatoms. The molecule has 0 N–H and O–H groups in total. The summed E-state index contributed by atoms with van der Waals surface area (Å²) < 4.78 is 4.54. The summed E-state index contributed by atoms with van der Waals surface area (Å²) in [6, 6.07) is 1.36. The van der Waals surface area contributed by atoms with Crippen molar-refractivity contribution >= 4 is 35.3 Å². The second-order valence-electron chi connectivity index (χ2n) is 4.06. The SMILES string of the molecule is CC.CCOC.CN(C)/C=C(\C=O)C(=O)c1cnc(Cl)cc1Cl. The van der Waals surface area contributed by atoms with Gasteiger partial charge in [-0.1, -0.05) is 37.0 Å². The van der Waals surface area contributed by atoms with Gasteiger partial charge in [0.15, 0.2) is 6.29 Å². The maximum atomic E-state index is 11.9. The molecule has 130 valence electrons. The number of halogens is 2. The smallest absolute Gasteiger partial charge is 0.200 e. The summed E-state index contributed by atoms with van der Waals surface area (Å²) in [5.41, 5.74) is 0.150. The van der Waals surface area contributed by atoms with Gasteiger partial charge in [0.05, 0.1) is 16.2 Å². The Bertz CT molecular complexity index is 516. The van der Waals surface area contributed by atoms with Crippen LogP contribution in [0.3, 0.4) is 0 Å². The van der Waals surface area contributed by atoms with Gasteiger partial charge in [-0.05, 0) is 13.0 Å². The summed E-state index contributed by atoms with van der Waals surface area (Å²) in [6.45, 7) is 6.78. The van der Waals surface area contributed by atoms with Gasteiger partial charge in [-0.15, -0.1) is 0 Å². The third-order valence-corrected chi connectivity index (χ3v) is 2.66. The van der Waals surface area contributed by atoms with Crippen molar-refractivity contribution in [2.24, 2.45) is 0 Å². The first-order chi connectivity index (χ1) is 10.9. The average molecular weight is 363 g/mol. The van der Waals surface area contributed by atoms with E-state index in [9.17, 15) is 9.59 Å². The number of allylic oxidation sites excluding steroid dienone is 1. The summed E-state index contributed by atoms with van der Waals surface area (Å²) >= 11 is 11.5. The van der Waals surface area contributed by atoms with Gasteiger partial charge in [0, 0.05) is 40.2 Å². The van der Waals surface area contributed by atoms with Crippen molar-refractivity contribution in [3.63, 3.8) is 0 Å². The number of aldehydes is 1. The highest BCUT2D eigenvalue weighted by Gasteiger charge is 2.16. The first-order valence-corrected chi connectivity index (χ1v) is 7.81. The zero-order valence-corrected chi connectivity index (χ0v) is 15.9. The molecule has 0 aliphatic carbocycles. The lowest BCUT2D eigenvalue weighted by molar-refractivity contribution is -0.104. The van der Waals surface area contributed by atoms with Crippen LogP contribution in [-0.4, -0.2) is 49.8 Å². The highest BCUT2D eigenvalue weighted by molar-refractivity contribution is 6.37.